The van der Waals surface area contributed by atoms with E-state index < -0.39 is 0 Å². The van der Waals surface area contributed by atoms with Gasteiger partial charge in [0.1, 0.15) is 0 Å². The van der Waals surface area contributed by atoms with Crippen molar-refractivity contribution in [3.05, 3.63) is 70.0 Å². The summed E-state index contributed by atoms with van der Waals surface area (Å²) in [5, 5.41) is 16.9. The Hall–Kier alpha value is -1.34. The van der Waals surface area contributed by atoms with E-state index in [-0.39, 0.29) is 27.3 Å². The van der Waals surface area contributed by atoms with Crippen LogP contribution in [-0.4, -0.2) is 46.7 Å². The molecule has 160 valence electrons. The van der Waals surface area contributed by atoms with Gasteiger partial charge in [-0.2, -0.15) is 10.3 Å². The molecule has 3 heterocycles. The zero-order valence-electron chi connectivity index (χ0n) is 17.1. The first-order valence-corrected chi connectivity index (χ1v) is 9.78. The predicted octanol–water partition coefficient (Wildman–Crippen LogP) is 3.57. The Morgan fingerprint density at radius 1 is 0.613 bits per heavy atom. The van der Waals surface area contributed by atoms with E-state index in [1.54, 1.807) is 0 Å². The number of thiocarbonyl (C=S) groups is 2. The van der Waals surface area contributed by atoms with Crippen LogP contribution in [0.1, 0.15) is 22.8 Å². The number of isothiocyanates is 2. The molecule has 0 atom stereocenters. The van der Waals surface area contributed by atoms with Crippen LogP contribution in [0.3, 0.4) is 0 Å². The summed E-state index contributed by atoms with van der Waals surface area (Å²) in [6, 6.07) is 11.7. The molecular formula is C20H22CdN4O4S2. The number of nitrogens with zero attached hydrogens (tertiary/aromatic N) is 4. The van der Waals surface area contributed by atoms with E-state index in [4.69, 9.17) is 29.8 Å². The molecule has 0 N–H and O–H groups in total. The van der Waals surface area contributed by atoms with Gasteiger partial charge in [0, 0.05) is 0 Å². The maximum atomic E-state index is 7.13. The van der Waals surface area contributed by atoms with Crippen LogP contribution in [0.25, 0.3) is 10.8 Å². The second-order valence-electron chi connectivity index (χ2n) is 5.63. The number of rotatable bonds is 0. The van der Waals surface area contributed by atoms with Gasteiger partial charge in [-0.05, 0) is 24.3 Å². The van der Waals surface area contributed by atoms with E-state index in [2.05, 4.69) is 34.4 Å². The van der Waals surface area contributed by atoms with Gasteiger partial charge in [-0.1, -0.05) is 36.6 Å². The molecule has 0 amide bonds. The Balaban J connectivity index is 0.00000116. The van der Waals surface area contributed by atoms with E-state index in [0.29, 0.717) is 52.9 Å². The van der Waals surface area contributed by atoms with Crippen LogP contribution < -0.4 is 0 Å². The van der Waals surface area contributed by atoms with Gasteiger partial charge >= 0.3 is 27.3 Å². The van der Waals surface area contributed by atoms with Crippen LogP contribution >= 0.6 is 24.4 Å². The molecule has 2 aromatic heterocycles. The number of fused-ring (bicyclic) bond motifs is 4. The van der Waals surface area contributed by atoms with Gasteiger partial charge in [-0.25, -0.2) is 0 Å². The summed E-state index contributed by atoms with van der Waals surface area (Å²) >= 11 is 7.40. The maximum Gasteiger partial charge on any atom is 2.00 e. The van der Waals surface area contributed by atoms with Gasteiger partial charge < -0.3 is 29.8 Å². The minimum absolute atomic E-state index is 0. The third-order valence-electron chi connectivity index (χ3n) is 3.47. The van der Waals surface area contributed by atoms with Crippen molar-refractivity contribution >= 4 is 34.8 Å². The van der Waals surface area contributed by atoms with Crippen LogP contribution in [0.15, 0.2) is 36.4 Å². The van der Waals surface area contributed by atoms with Gasteiger partial charge in [-0.3, -0.25) is 9.97 Å². The van der Waals surface area contributed by atoms with Crippen molar-refractivity contribution in [1.82, 2.24) is 9.97 Å². The fourth-order valence-corrected chi connectivity index (χ4v) is 2.32. The Morgan fingerprint density at radius 2 is 0.839 bits per heavy atom. The van der Waals surface area contributed by atoms with Crippen molar-refractivity contribution < 1.29 is 46.2 Å². The quantitative estimate of drug-likeness (QED) is 0.274. The molecule has 31 heavy (non-hydrogen) atoms. The van der Waals surface area contributed by atoms with Crippen molar-refractivity contribution in [2.45, 2.75) is 26.4 Å². The largest absolute Gasteiger partial charge is 2.00 e. The normalized spacial score (nSPS) is 14.2. The minimum Gasteiger partial charge on any atom is -0.753 e. The molecule has 4 bridgehead atoms. The molecule has 0 aliphatic carbocycles. The van der Waals surface area contributed by atoms with Crippen LogP contribution in [0.4, 0.5) is 0 Å². The van der Waals surface area contributed by atoms with E-state index >= 15 is 0 Å². The monoisotopic (exact) mass is 560 g/mol. The molecule has 0 spiro atoms. The SMILES string of the molecule is [Cd+2].[N-]=C=S.[N-]=C=S.c1cc2nc(c1)COCCOCc1cccc(n1)COCCOC2. The molecule has 0 unspecified atom stereocenters. The van der Waals surface area contributed by atoms with Crippen LogP contribution in [-0.2, 0) is 72.7 Å². The fourth-order valence-electron chi connectivity index (χ4n) is 2.32. The molecule has 0 saturated carbocycles. The van der Waals surface area contributed by atoms with Gasteiger partial charge in [0.05, 0.1) is 75.6 Å². The molecule has 1 aliphatic heterocycles. The number of hydrogen-bond acceptors (Lipinski definition) is 8. The molecule has 2 aromatic rings. The summed E-state index contributed by atoms with van der Waals surface area (Å²) in [7, 11) is 0. The Morgan fingerprint density at radius 3 is 1.06 bits per heavy atom. The Kier molecular flexibility index (Phi) is 19.7. The molecule has 0 fully saturated rings. The van der Waals surface area contributed by atoms with Crippen molar-refractivity contribution in [1.29, 1.82) is 0 Å². The van der Waals surface area contributed by atoms with E-state index in [1.807, 2.05) is 36.4 Å². The summed E-state index contributed by atoms with van der Waals surface area (Å²) in [5.41, 5.74) is 3.57. The summed E-state index contributed by atoms with van der Waals surface area (Å²) in [6.45, 7) is 3.94. The maximum absolute atomic E-state index is 7.13. The predicted molar refractivity (Wildman–Crippen MR) is 119 cm³/mol. The van der Waals surface area contributed by atoms with Gasteiger partial charge in [0.15, 0.2) is 0 Å². The van der Waals surface area contributed by atoms with Crippen molar-refractivity contribution in [2.24, 2.45) is 0 Å². The van der Waals surface area contributed by atoms with E-state index in [1.165, 1.54) is 10.3 Å². The summed E-state index contributed by atoms with van der Waals surface area (Å²) < 4.78 is 22.4. The molecule has 8 nitrogen and oxygen atoms in total. The van der Waals surface area contributed by atoms with Gasteiger partial charge in [0.25, 0.3) is 0 Å². The molecule has 3 rings (SSSR count). The van der Waals surface area contributed by atoms with Crippen molar-refractivity contribution in [3.8, 4) is 0 Å². The smallest absolute Gasteiger partial charge is 0.753 e. The summed E-state index contributed by atoms with van der Waals surface area (Å²) in [5.74, 6) is 0. The summed E-state index contributed by atoms with van der Waals surface area (Å²) in [4.78, 5) is 9.03. The minimum atomic E-state index is 0. The Bertz CT molecular complexity index is 703. The second kappa shape index (κ2) is 20.6. The van der Waals surface area contributed by atoms with E-state index in [9.17, 15) is 0 Å². The topological polar surface area (TPSA) is 107 Å². The first-order chi connectivity index (χ1) is 14.7. The van der Waals surface area contributed by atoms with Crippen LogP contribution in [0.5, 0.6) is 0 Å². The first-order valence-electron chi connectivity index (χ1n) is 8.96. The van der Waals surface area contributed by atoms with Crippen LogP contribution in [0, 0.1) is 0 Å². The number of hydrogen-bond donors (Lipinski definition) is 0. The zero-order chi connectivity index (χ0) is 21.9. The van der Waals surface area contributed by atoms with E-state index in [0.717, 1.165) is 22.8 Å². The fraction of sp³-hybridized carbons (Fsp3) is 0.400. The second-order valence-corrected chi connectivity index (χ2v) is 6.00. The molecule has 0 saturated heterocycles. The number of pyridine rings is 2. The molecular weight excluding hydrogens is 537 g/mol. The molecule has 0 aromatic carbocycles. The van der Waals surface area contributed by atoms with Gasteiger partial charge in [-0.15, -0.1) is 0 Å². The van der Waals surface area contributed by atoms with Crippen molar-refractivity contribution in [3.63, 3.8) is 0 Å². The van der Waals surface area contributed by atoms with Crippen LogP contribution in [0.2, 0.25) is 0 Å². The summed E-state index contributed by atoms with van der Waals surface area (Å²) in [6.07, 6.45) is 0. The molecule has 11 heteroatoms. The Labute approximate surface area is 212 Å². The first kappa shape index (κ1) is 29.7. The standard InChI is InChI=1S/C18H22N2O4.2CNS.Cd/c1-3-15-11-21-7-9-23-13-17-5-2-6-18(20-17)14-24-10-8-22-12-16(4-1)19-15;2*2-1-3;/h1-6H,7-14H2;;;/q;2*-1;+2. The molecule has 1 aliphatic rings. The zero-order valence-corrected chi connectivity index (χ0v) is 22.7. The number of ether oxygens (including phenoxy) is 4. The number of aromatic nitrogens is 2. The van der Waals surface area contributed by atoms with Gasteiger partial charge in [0.2, 0.25) is 0 Å². The third-order valence-corrected chi connectivity index (χ3v) is 3.47. The molecule has 0 radical (unpaired) electrons. The van der Waals surface area contributed by atoms with Crippen molar-refractivity contribution in [2.75, 3.05) is 26.4 Å². The average Bonchev–Trinajstić information content (AvgIpc) is 2.74. The average molecular weight is 559 g/mol. The third kappa shape index (κ3) is 15.2.